The fourth-order valence-corrected chi connectivity index (χ4v) is 3.07. The number of nitrogens with one attached hydrogen (secondary N) is 2. The van der Waals surface area contributed by atoms with E-state index in [1.165, 1.54) is 31.2 Å². The van der Waals surface area contributed by atoms with Crippen molar-refractivity contribution in [3.63, 3.8) is 0 Å². The van der Waals surface area contributed by atoms with Crippen molar-refractivity contribution in [1.29, 1.82) is 0 Å². The molecule has 0 fully saturated rings. The lowest BCUT2D eigenvalue weighted by Gasteiger charge is -2.15. The average Bonchev–Trinajstić information content (AvgIpc) is 3.02. The number of rotatable bonds is 5. The number of hydrogen-bond donors (Lipinski definition) is 2. The van der Waals surface area contributed by atoms with E-state index in [4.69, 9.17) is 4.74 Å². The minimum absolute atomic E-state index is 0.0695. The molecule has 156 valence electrons. The second kappa shape index (κ2) is 8.77. The Morgan fingerprint density at radius 3 is 2.27 bits per heavy atom. The van der Waals surface area contributed by atoms with Gasteiger partial charge in [0, 0.05) is 11.4 Å². The Kier molecular flexibility index (Phi) is 6.15. The number of ether oxygens (including phenoxy) is 1. The largest absolute Gasteiger partial charge is 0.478 e. The Bertz CT molecular complexity index is 1090. The molecule has 2 aromatic carbocycles. The molecule has 3 aromatic rings. The van der Waals surface area contributed by atoms with Gasteiger partial charge in [-0.1, -0.05) is 24.3 Å². The Morgan fingerprint density at radius 1 is 0.967 bits per heavy atom. The van der Waals surface area contributed by atoms with Crippen LogP contribution in [0.2, 0.25) is 0 Å². The number of nitrogens with zero attached hydrogens (tertiary/aromatic N) is 1. The summed E-state index contributed by atoms with van der Waals surface area (Å²) in [4.78, 5) is 24.7. The first kappa shape index (κ1) is 21.0. The number of hydrazine groups is 1. The van der Waals surface area contributed by atoms with E-state index in [1.54, 1.807) is 48.7 Å². The van der Waals surface area contributed by atoms with Crippen molar-refractivity contribution in [1.82, 2.24) is 15.4 Å². The molecule has 2 amide bonds. The van der Waals surface area contributed by atoms with Gasteiger partial charge in [0.25, 0.3) is 11.8 Å². The highest BCUT2D eigenvalue weighted by Crippen LogP contribution is 2.22. The van der Waals surface area contributed by atoms with Crippen LogP contribution in [0.4, 0.5) is 8.78 Å². The molecule has 0 radical (unpaired) electrons. The number of benzene rings is 2. The Morgan fingerprint density at radius 2 is 1.60 bits per heavy atom. The molecular formula is C22H21F2N3O3. The summed E-state index contributed by atoms with van der Waals surface area (Å²) in [5.41, 5.74) is 6.34. The van der Waals surface area contributed by atoms with E-state index in [9.17, 15) is 18.4 Å². The molecule has 3 rings (SSSR count). The molecule has 1 unspecified atom stereocenters. The van der Waals surface area contributed by atoms with Crippen molar-refractivity contribution >= 4 is 11.8 Å². The Labute approximate surface area is 172 Å². The lowest BCUT2D eigenvalue weighted by atomic mass is 10.2. The SMILES string of the molecule is Cc1cc(C(=O)NNC(=O)C(C)Oc2ccccc2F)c(C)n1-c1ccccc1F. The maximum absolute atomic E-state index is 14.2. The van der Waals surface area contributed by atoms with Crippen LogP contribution in [-0.2, 0) is 4.79 Å². The van der Waals surface area contributed by atoms with E-state index in [-0.39, 0.29) is 11.3 Å². The molecule has 0 bridgehead atoms. The topological polar surface area (TPSA) is 72.4 Å². The van der Waals surface area contributed by atoms with Crippen LogP contribution in [0.3, 0.4) is 0 Å². The molecule has 1 heterocycles. The lowest BCUT2D eigenvalue weighted by molar-refractivity contribution is -0.128. The van der Waals surface area contributed by atoms with E-state index in [0.717, 1.165) is 0 Å². The van der Waals surface area contributed by atoms with E-state index in [0.29, 0.717) is 17.1 Å². The maximum atomic E-state index is 14.2. The zero-order chi connectivity index (χ0) is 21.8. The third-order valence-corrected chi connectivity index (χ3v) is 4.58. The van der Waals surface area contributed by atoms with Crippen molar-refractivity contribution in [3.8, 4) is 11.4 Å². The molecule has 30 heavy (non-hydrogen) atoms. The fraction of sp³-hybridized carbons (Fsp3) is 0.182. The van der Waals surface area contributed by atoms with Crippen molar-refractivity contribution < 1.29 is 23.1 Å². The predicted octanol–water partition coefficient (Wildman–Crippen LogP) is 3.60. The van der Waals surface area contributed by atoms with Gasteiger partial charge in [-0.2, -0.15) is 0 Å². The summed E-state index contributed by atoms with van der Waals surface area (Å²) in [6, 6.07) is 13.5. The molecule has 0 spiro atoms. The Hall–Kier alpha value is -3.68. The monoisotopic (exact) mass is 413 g/mol. The van der Waals surface area contributed by atoms with Crippen molar-refractivity contribution in [3.05, 3.63) is 83.2 Å². The molecule has 0 aliphatic carbocycles. The summed E-state index contributed by atoms with van der Waals surface area (Å²) in [6.07, 6.45) is -1.05. The van der Waals surface area contributed by atoms with Gasteiger partial charge < -0.3 is 9.30 Å². The lowest BCUT2D eigenvalue weighted by Crippen LogP contribution is -2.47. The summed E-state index contributed by atoms with van der Waals surface area (Å²) < 4.78 is 34.7. The normalized spacial score (nSPS) is 11.6. The minimum Gasteiger partial charge on any atom is -0.478 e. The zero-order valence-corrected chi connectivity index (χ0v) is 16.7. The third kappa shape index (κ3) is 4.32. The highest BCUT2D eigenvalue weighted by Gasteiger charge is 2.21. The summed E-state index contributed by atoms with van der Waals surface area (Å²) in [7, 11) is 0. The third-order valence-electron chi connectivity index (χ3n) is 4.58. The molecule has 1 atom stereocenters. The predicted molar refractivity (Wildman–Crippen MR) is 107 cm³/mol. The Balaban J connectivity index is 1.68. The maximum Gasteiger partial charge on any atom is 0.279 e. The number of halogens is 2. The first-order valence-electron chi connectivity index (χ1n) is 9.24. The van der Waals surface area contributed by atoms with Crippen LogP contribution >= 0.6 is 0 Å². The van der Waals surface area contributed by atoms with E-state index >= 15 is 0 Å². The van der Waals surface area contributed by atoms with Crippen LogP contribution in [0.15, 0.2) is 54.6 Å². The van der Waals surface area contributed by atoms with E-state index in [1.807, 2.05) is 0 Å². The average molecular weight is 413 g/mol. The number of carbonyl (C=O) groups excluding carboxylic acids is 2. The fourth-order valence-electron chi connectivity index (χ4n) is 3.07. The smallest absolute Gasteiger partial charge is 0.279 e. The van der Waals surface area contributed by atoms with Gasteiger partial charge in [0.1, 0.15) is 5.82 Å². The molecule has 0 aliphatic rings. The minimum atomic E-state index is -1.05. The van der Waals surface area contributed by atoms with Gasteiger partial charge in [0.05, 0.1) is 11.3 Å². The number of aromatic nitrogens is 1. The van der Waals surface area contributed by atoms with Crippen LogP contribution in [0.25, 0.3) is 5.69 Å². The van der Waals surface area contributed by atoms with Crippen LogP contribution in [0.1, 0.15) is 28.7 Å². The van der Waals surface area contributed by atoms with Crippen molar-refractivity contribution in [2.75, 3.05) is 0 Å². The van der Waals surface area contributed by atoms with Gasteiger partial charge in [-0.15, -0.1) is 0 Å². The standard InChI is InChI=1S/C22H21F2N3O3/c1-13-12-16(14(2)27(13)19-10-6-4-8-17(19)23)22(29)26-25-21(28)15(3)30-20-11-7-5-9-18(20)24/h4-12,15H,1-3H3,(H,25,28)(H,26,29). The number of carbonyl (C=O) groups is 2. The van der Waals surface area contributed by atoms with Crippen molar-refractivity contribution in [2.45, 2.75) is 26.9 Å². The van der Waals surface area contributed by atoms with E-state index in [2.05, 4.69) is 10.9 Å². The van der Waals surface area contributed by atoms with Gasteiger partial charge in [-0.25, -0.2) is 8.78 Å². The first-order chi connectivity index (χ1) is 14.3. The molecule has 2 N–H and O–H groups in total. The quantitative estimate of drug-likeness (QED) is 0.628. The molecule has 8 heteroatoms. The first-order valence-corrected chi connectivity index (χ1v) is 9.24. The molecule has 0 saturated heterocycles. The summed E-state index contributed by atoms with van der Waals surface area (Å²) in [5, 5.41) is 0. The van der Waals surface area contributed by atoms with E-state index < -0.39 is 29.6 Å². The van der Waals surface area contributed by atoms with Gasteiger partial charge in [-0.3, -0.25) is 20.4 Å². The van der Waals surface area contributed by atoms with Crippen LogP contribution in [0, 0.1) is 25.5 Å². The molecule has 6 nitrogen and oxygen atoms in total. The number of amides is 2. The second-order valence-corrected chi connectivity index (χ2v) is 6.71. The highest BCUT2D eigenvalue weighted by atomic mass is 19.1. The van der Waals surface area contributed by atoms with Crippen LogP contribution in [0.5, 0.6) is 5.75 Å². The van der Waals surface area contributed by atoms with Gasteiger partial charge in [0.2, 0.25) is 0 Å². The van der Waals surface area contributed by atoms with Gasteiger partial charge in [0.15, 0.2) is 17.7 Å². The van der Waals surface area contributed by atoms with Crippen LogP contribution in [-0.4, -0.2) is 22.5 Å². The summed E-state index contributed by atoms with van der Waals surface area (Å²) >= 11 is 0. The molecule has 1 aromatic heterocycles. The number of aryl methyl sites for hydroxylation is 1. The van der Waals surface area contributed by atoms with Gasteiger partial charge in [-0.05, 0) is 51.1 Å². The molecular weight excluding hydrogens is 392 g/mol. The van der Waals surface area contributed by atoms with Crippen LogP contribution < -0.4 is 15.6 Å². The summed E-state index contributed by atoms with van der Waals surface area (Å²) in [5.74, 6) is -2.31. The second-order valence-electron chi connectivity index (χ2n) is 6.71. The van der Waals surface area contributed by atoms with Gasteiger partial charge >= 0.3 is 0 Å². The zero-order valence-electron chi connectivity index (χ0n) is 16.7. The molecule has 0 saturated carbocycles. The van der Waals surface area contributed by atoms with Crippen molar-refractivity contribution in [2.24, 2.45) is 0 Å². The highest BCUT2D eigenvalue weighted by molar-refractivity contribution is 5.97. The number of para-hydroxylation sites is 2. The summed E-state index contributed by atoms with van der Waals surface area (Å²) in [6.45, 7) is 4.86. The number of hydrogen-bond acceptors (Lipinski definition) is 3. The molecule has 0 aliphatic heterocycles.